The predicted molar refractivity (Wildman–Crippen MR) is 78.0 cm³/mol. The van der Waals surface area contributed by atoms with Gasteiger partial charge in [0.2, 0.25) is 5.91 Å². The van der Waals surface area contributed by atoms with E-state index in [-0.39, 0.29) is 6.04 Å². The van der Waals surface area contributed by atoms with E-state index in [9.17, 15) is 4.79 Å². The molecule has 2 saturated heterocycles. The van der Waals surface area contributed by atoms with Gasteiger partial charge in [0.1, 0.15) is 0 Å². The zero-order valence-electron chi connectivity index (χ0n) is 12.7. The number of hydrogen-bond acceptors (Lipinski definition) is 3. The Kier molecular flexibility index (Phi) is 5.22. The number of piperidine rings is 1. The van der Waals surface area contributed by atoms with Crippen molar-refractivity contribution >= 4 is 5.91 Å². The fourth-order valence-electron chi connectivity index (χ4n) is 3.24. The highest BCUT2D eigenvalue weighted by atomic mass is 16.2. The van der Waals surface area contributed by atoms with Gasteiger partial charge in [0, 0.05) is 32.7 Å². The van der Waals surface area contributed by atoms with Crippen LogP contribution >= 0.6 is 0 Å². The van der Waals surface area contributed by atoms with E-state index in [0.29, 0.717) is 17.7 Å². The van der Waals surface area contributed by atoms with Crippen molar-refractivity contribution in [3.8, 4) is 0 Å². The molecule has 0 spiro atoms. The lowest BCUT2D eigenvalue weighted by Gasteiger charge is -2.39. The number of nitrogens with zero attached hydrogens (tertiary/aromatic N) is 2. The highest BCUT2D eigenvalue weighted by Crippen LogP contribution is 2.18. The highest BCUT2D eigenvalue weighted by molar-refractivity contribution is 5.82. The van der Waals surface area contributed by atoms with Crippen LogP contribution in [0.5, 0.6) is 0 Å². The SMILES string of the molecule is CC(C)CN1CCN(C(=O)C2NCCCC2C)CC1. The molecule has 2 aliphatic heterocycles. The van der Waals surface area contributed by atoms with E-state index >= 15 is 0 Å². The zero-order valence-corrected chi connectivity index (χ0v) is 12.7. The topological polar surface area (TPSA) is 35.6 Å². The minimum Gasteiger partial charge on any atom is -0.339 e. The maximum absolute atomic E-state index is 12.5. The Morgan fingerprint density at radius 2 is 1.95 bits per heavy atom. The van der Waals surface area contributed by atoms with Gasteiger partial charge in [-0.2, -0.15) is 0 Å². The molecule has 0 aromatic rings. The third-order valence-electron chi connectivity index (χ3n) is 4.34. The molecule has 2 unspecified atom stereocenters. The van der Waals surface area contributed by atoms with Gasteiger partial charge >= 0.3 is 0 Å². The van der Waals surface area contributed by atoms with Crippen molar-refractivity contribution in [3.05, 3.63) is 0 Å². The van der Waals surface area contributed by atoms with Crippen molar-refractivity contribution in [1.82, 2.24) is 15.1 Å². The first kappa shape index (κ1) is 14.8. The van der Waals surface area contributed by atoms with Crippen molar-refractivity contribution in [2.24, 2.45) is 11.8 Å². The number of amides is 1. The maximum Gasteiger partial charge on any atom is 0.240 e. The van der Waals surface area contributed by atoms with Crippen LogP contribution in [-0.4, -0.2) is 61.0 Å². The molecular formula is C15H29N3O. The number of rotatable bonds is 3. The van der Waals surface area contributed by atoms with E-state index in [0.717, 1.165) is 39.3 Å². The van der Waals surface area contributed by atoms with E-state index in [1.165, 1.54) is 12.8 Å². The molecule has 1 N–H and O–H groups in total. The number of piperazine rings is 1. The molecule has 4 nitrogen and oxygen atoms in total. The first-order chi connectivity index (χ1) is 9.08. The van der Waals surface area contributed by atoms with Crippen LogP contribution in [0, 0.1) is 11.8 Å². The van der Waals surface area contributed by atoms with Crippen LogP contribution in [0.1, 0.15) is 33.6 Å². The van der Waals surface area contributed by atoms with Gasteiger partial charge in [0.15, 0.2) is 0 Å². The lowest BCUT2D eigenvalue weighted by atomic mass is 9.91. The van der Waals surface area contributed by atoms with Crippen molar-refractivity contribution in [1.29, 1.82) is 0 Å². The van der Waals surface area contributed by atoms with Gasteiger partial charge in [-0.15, -0.1) is 0 Å². The summed E-state index contributed by atoms with van der Waals surface area (Å²) in [6.45, 7) is 12.7. The molecular weight excluding hydrogens is 238 g/mol. The molecule has 1 amide bonds. The molecule has 2 fully saturated rings. The monoisotopic (exact) mass is 267 g/mol. The molecule has 0 aliphatic carbocycles. The quantitative estimate of drug-likeness (QED) is 0.834. The molecule has 0 bridgehead atoms. The third kappa shape index (κ3) is 3.93. The normalized spacial score (nSPS) is 29.8. The van der Waals surface area contributed by atoms with Gasteiger partial charge in [-0.05, 0) is 31.2 Å². The van der Waals surface area contributed by atoms with Gasteiger partial charge in [-0.3, -0.25) is 9.69 Å². The molecule has 2 rings (SSSR count). The van der Waals surface area contributed by atoms with E-state index in [1.807, 2.05) is 0 Å². The first-order valence-corrected chi connectivity index (χ1v) is 7.82. The summed E-state index contributed by atoms with van der Waals surface area (Å²) in [4.78, 5) is 17.1. The summed E-state index contributed by atoms with van der Waals surface area (Å²) in [6, 6.07) is 0.0606. The number of nitrogens with one attached hydrogen (secondary N) is 1. The van der Waals surface area contributed by atoms with Gasteiger partial charge in [0.05, 0.1) is 6.04 Å². The lowest BCUT2D eigenvalue weighted by molar-refractivity contribution is -0.137. The van der Waals surface area contributed by atoms with Crippen LogP contribution in [0.4, 0.5) is 0 Å². The fourth-order valence-corrected chi connectivity index (χ4v) is 3.24. The van der Waals surface area contributed by atoms with Crippen LogP contribution < -0.4 is 5.32 Å². The van der Waals surface area contributed by atoms with Gasteiger partial charge < -0.3 is 10.2 Å². The first-order valence-electron chi connectivity index (χ1n) is 7.82. The molecule has 4 heteroatoms. The largest absolute Gasteiger partial charge is 0.339 e. The highest BCUT2D eigenvalue weighted by Gasteiger charge is 2.32. The lowest BCUT2D eigenvalue weighted by Crippen LogP contribution is -2.57. The van der Waals surface area contributed by atoms with Gasteiger partial charge in [-0.1, -0.05) is 20.8 Å². The molecule has 2 heterocycles. The summed E-state index contributed by atoms with van der Waals surface area (Å²) in [5.74, 6) is 1.52. The predicted octanol–water partition coefficient (Wildman–Crippen LogP) is 1.17. The van der Waals surface area contributed by atoms with E-state index in [4.69, 9.17) is 0 Å². The fraction of sp³-hybridized carbons (Fsp3) is 0.933. The summed E-state index contributed by atoms with van der Waals surface area (Å²) < 4.78 is 0. The Morgan fingerprint density at radius 3 is 2.53 bits per heavy atom. The van der Waals surface area contributed by atoms with Gasteiger partial charge in [0.25, 0.3) is 0 Å². The standard InChI is InChI=1S/C15H29N3O/c1-12(2)11-17-7-9-18(10-8-17)15(19)14-13(3)5-4-6-16-14/h12-14,16H,4-11H2,1-3H3. The number of hydrogen-bond donors (Lipinski definition) is 1. The molecule has 0 radical (unpaired) electrons. The molecule has 0 aromatic heterocycles. The van der Waals surface area contributed by atoms with Gasteiger partial charge in [-0.25, -0.2) is 0 Å². The van der Waals surface area contributed by atoms with Crippen LogP contribution in [0.25, 0.3) is 0 Å². The third-order valence-corrected chi connectivity index (χ3v) is 4.34. The van der Waals surface area contributed by atoms with Crippen molar-refractivity contribution in [2.45, 2.75) is 39.7 Å². The molecule has 19 heavy (non-hydrogen) atoms. The number of carbonyl (C=O) groups excluding carboxylic acids is 1. The molecule has 0 saturated carbocycles. The molecule has 0 aromatic carbocycles. The van der Waals surface area contributed by atoms with Crippen molar-refractivity contribution < 1.29 is 4.79 Å². The maximum atomic E-state index is 12.5. The average Bonchev–Trinajstić information content (AvgIpc) is 2.39. The van der Waals surface area contributed by atoms with Crippen LogP contribution in [0.2, 0.25) is 0 Å². The Balaban J connectivity index is 1.81. The van der Waals surface area contributed by atoms with Crippen molar-refractivity contribution in [3.63, 3.8) is 0 Å². The number of carbonyl (C=O) groups is 1. The average molecular weight is 267 g/mol. The minimum absolute atomic E-state index is 0.0606. The second-order valence-corrected chi connectivity index (χ2v) is 6.57. The van der Waals surface area contributed by atoms with E-state index < -0.39 is 0 Å². The Bertz CT molecular complexity index is 298. The summed E-state index contributed by atoms with van der Waals surface area (Å²) in [5, 5.41) is 3.40. The molecule has 2 atom stereocenters. The summed E-state index contributed by atoms with van der Waals surface area (Å²) in [7, 11) is 0. The zero-order chi connectivity index (χ0) is 13.8. The Morgan fingerprint density at radius 1 is 1.26 bits per heavy atom. The second-order valence-electron chi connectivity index (χ2n) is 6.57. The van der Waals surface area contributed by atoms with Crippen LogP contribution in [-0.2, 0) is 4.79 Å². The molecule has 2 aliphatic rings. The molecule has 110 valence electrons. The van der Waals surface area contributed by atoms with E-state index in [1.54, 1.807) is 0 Å². The summed E-state index contributed by atoms with van der Waals surface area (Å²) in [6.07, 6.45) is 2.38. The van der Waals surface area contributed by atoms with Crippen molar-refractivity contribution in [2.75, 3.05) is 39.3 Å². The minimum atomic E-state index is 0.0606. The summed E-state index contributed by atoms with van der Waals surface area (Å²) >= 11 is 0. The smallest absolute Gasteiger partial charge is 0.240 e. The summed E-state index contributed by atoms with van der Waals surface area (Å²) in [5.41, 5.74) is 0. The Labute approximate surface area is 117 Å². The van der Waals surface area contributed by atoms with Crippen LogP contribution in [0.15, 0.2) is 0 Å². The van der Waals surface area contributed by atoms with E-state index in [2.05, 4.69) is 35.9 Å². The Hall–Kier alpha value is -0.610. The van der Waals surface area contributed by atoms with Crippen LogP contribution in [0.3, 0.4) is 0 Å². The second kappa shape index (κ2) is 6.71.